The van der Waals surface area contributed by atoms with Crippen molar-refractivity contribution in [3.63, 3.8) is 0 Å². The monoisotopic (exact) mass is 324 g/mol. The third kappa shape index (κ3) is 4.08. The van der Waals surface area contributed by atoms with E-state index in [0.29, 0.717) is 6.61 Å². The second kappa shape index (κ2) is 6.73. The number of aromatic nitrogens is 1. The third-order valence-electron chi connectivity index (χ3n) is 2.63. The van der Waals surface area contributed by atoms with Gasteiger partial charge in [0.2, 0.25) is 0 Å². The Morgan fingerprint density at radius 2 is 2.21 bits per heavy atom. The van der Waals surface area contributed by atoms with Crippen LogP contribution in [-0.2, 0) is 13.2 Å². The number of aryl methyl sites for hydroxylation is 1. The largest absolute Gasteiger partial charge is 0.485 e. The summed E-state index contributed by atoms with van der Waals surface area (Å²) in [6.45, 7) is 6.06. The van der Waals surface area contributed by atoms with Crippen molar-refractivity contribution >= 4 is 15.9 Å². The van der Waals surface area contributed by atoms with E-state index in [0.717, 1.165) is 40.3 Å². The zero-order valence-electron chi connectivity index (χ0n) is 11.1. The number of rotatable bonds is 6. The van der Waals surface area contributed by atoms with Gasteiger partial charge < -0.3 is 14.6 Å². The first-order valence-corrected chi connectivity index (χ1v) is 7.02. The van der Waals surface area contributed by atoms with Crippen LogP contribution < -0.4 is 10.1 Å². The van der Waals surface area contributed by atoms with Crippen molar-refractivity contribution in [3.8, 4) is 5.75 Å². The lowest BCUT2D eigenvalue weighted by molar-refractivity contribution is 0.246. The van der Waals surface area contributed by atoms with Crippen molar-refractivity contribution in [1.82, 2.24) is 10.5 Å². The lowest BCUT2D eigenvalue weighted by atomic mass is 10.2. The van der Waals surface area contributed by atoms with E-state index in [-0.39, 0.29) is 0 Å². The second-order valence-corrected chi connectivity index (χ2v) is 5.17. The number of halogens is 1. The van der Waals surface area contributed by atoms with Gasteiger partial charge in [0, 0.05) is 22.6 Å². The van der Waals surface area contributed by atoms with Crippen molar-refractivity contribution in [2.45, 2.75) is 27.0 Å². The Morgan fingerprint density at radius 1 is 1.37 bits per heavy atom. The number of ether oxygens (including phenoxy) is 1. The highest BCUT2D eigenvalue weighted by Crippen LogP contribution is 2.24. The van der Waals surface area contributed by atoms with Crippen LogP contribution in [0.4, 0.5) is 0 Å². The van der Waals surface area contributed by atoms with E-state index in [1.165, 1.54) is 0 Å². The van der Waals surface area contributed by atoms with Gasteiger partial charge in [0.05, 0.1) is 5.69 Å². The fourth-order valence-corrected chi connectivity index (χ4v) is 2.13. The molecule has 4 nitrogen and oxygen atoms in total. The number of nitrogens with one attached hydrogen (secondary N) is 1. The van der Waals surface area contributed by atoms with E-state index < -0.39 is 0 Å². The van der Waals surface area contributed by atoms with E-state index in [9.17, 15) is 0 Å². The average Bonchev–Trinajstić information content (AvgIpc) is 2.81. The van der Waals surface area contributed by atoms with Gasteiger partial charge in [-0.2, -0.15) is 0 Å². The third-order valence-corrected chi connectivity index (χ3v) is 3.13. The van der Waals surface area contributed by atoms with Crippen molar-refractivity contribution in [2.75, 3.05) is 6.54 Å². The molecular formula is C14H17BrN2O2. The summed E-state index contributed by atoms with van der Waals surface area (Å²) in [6.07, 6.45) is 0. The molecule has 0 fully saturated rings. The molecule has 5 heteroatoms. The molecule has 0 saturated heterocycles. The van der Waals surface area contributed by atoms with Gasteiger partial charge in [-0.3, -0.25) is 0 Å². The molecule has 0 bridgehead atoms. The molecule has 0 aliphatic heterocycles. The topological polar surface area (TPSA) is 47.3 Å². The molecule has 0 saturated carbocycles. The predicted molar refractivity (Wildman–Crippen MR) is 77.1 cm³/mol. The van der Waals surface area contributed by atoms with Gasteiger partial charge in [-0.1, -0.05) is 28.0 Å². The van der Waals surface area contributed by atoms with Gasteiger partial charge in [0.1, 0.15) is 12.4 Å². The molecule has 1 aromatic heterocycles. The highest BCUT2D eigenvalue weighted by atomic mass is 79.9. The van der Waals surface area contributed by atoms with Crippen LogP contribution in [0, 0.1) is 6.92 Å². The van der Waals surface area contributed by atoms with E-state index in [1.807, 2.05) is 25.1 Å². The summed E-state index contributed by atoms with van der Waals surface area (Å²) in [4.78, 5) is 0. The number of benzene rings is 1. The summed E-state index contributed by atoms with van der Waals surface area (Å²) in [7, 11) is 0. The first-order valence-electron chi connectivity index (χ1n) is 6.23. The summed E-state index contributed by atoms with van der Waals surface area (Å²) in [5.41, 5.74) is 1.98. The maximum absolute atomic E-state index is 5.79. The molecule has 0 radical (unpaired) electrons. The van der Waals surface area contributed by atoms with Crippen LogP contribution in [0.15, 0.2) is 33.3 Å². The van der Waals surface area contributed by atoms with Crippen LogP contribution in [0.5, 0.6) is 5.75 Å². The molecule has 0 aliphatic rings. The standard InChI is InChI=1S/C14H17BrN2O2/c1-3-16-8-11-7-12(15)4-5-14(11)18-9-13-6-10(2)17-19-13/h4-7,16H,3,8-9H2,1-2H3. The quantitative estimate of drug-likeness (QED) is 0.884. The Kier molecular flexibility index (Phi) is 4.99. The molecule has 1 N–H and O–H groups in total. The first-order chi connectivity index (χ1) is 9.19. The molecular weight excluding hydrogens is 308 g/mol. The van der Waals surface area contributed by atoms with Gasteiger partial charge in [-0.25, -0.2) is 0 Å². The Balaban J connectivity index is 2.05. The molecule has 2 rings (SSSR count). The van der Waals surface area contributed by atoms with Crippen LogP contribution in [0.3, 0.4) is 0 Å². The number of hydrogen-bond donors (Lipinski definition) is 1. The maximum atomic E-state index is 5.79. The number of hydrogen-bond acceptors (Lipinski definition) is 4. The molecule has 1 heterocycles. The molecule has 19 heavy (non-hydrogen) atoms. The van der Waals surface area contributed by atoms with Crippen molar-refractivity contribution < 1.29 is 9.26 Å². The Labute approximate surface area is 121 Å². The van der Waals surface area contributed by atoms with Crippen LogP contribution in [0.25, 0.3) is 0 Å². The van der Waals surface area contributed by atoms with Gasteiger partial charge in [-0.05, 0) is 31.7 Å². The molecule has 2 aromatic rings. The molecule has 0 aliphatic carbocycles. The van der Waals surface area contributed by atoms with E-state index in [2.05, 4.69) is 39.4 Å². The lowest BCUT2D eigenvalue weighted by Gasteiger charge is -2.11. The maximum Gasteiger partial charge on any atom is 0.174 e. The summed E-state index contributed by atoms with van der Waals surface area (Å²) >= 11 is 3.48. The van der Waals surface area contributed by atoms with E-state index in [1.54, 1.807) is 0 Å². The molecule has 0 atom stereocenters. The van der Waals surface area contributed by atoms with Gasteiger partial charge in [0.15, 0.2) is 5.76 Å². The van der Waals surface area contributed by atoms with Gasteiger partial charge >= 0.3 is 0 Å². The second-order valence-electron chi connectivity index (χ2n) is 4.26. The fraction of sp³-hybridized carbons (Fsp3) is 0.357. The zero-order valence-corrected chi connectivity index (χ0v) is 12.7. The molecule has 0 amide bonds. The van der Waals surface area contributed by atoms with Crippen molar-refractivity contribution in [1.29, 1.82) is 0 Å². The van der Waals surface area contributed by atoms with Crippen LogP contribution >= 0.6 is 15.9 Å². The Hall–Kier alpha value is -1.33. The van der Waals surface area contributed by atoms with Crippen molar-refractivity contribution in [3.05, 3.63) is 45.8 Å². The Bertz CT molecular complexity index is 540. The summed E-state index contributed by atoms with van der Waals surface area (Å²) in [6, 6.07) is 7.86. The minimum atomic E-state index is 0.390. The highest BCUT2D eigenvalue weighted by Gasteiger charge is 2.07. The fourth-order valence-electron chi connectivity index (χ4n) is 1.72. The summed E-state index contributed by atoms with van der Waals surface area (Å²) < 4.78 is 12.0. The Morgan fingerprint density at radius 3 is 2.89 bits per heavy atom. The molecule has 1 aromatic carbocycles. The van der Waals surface area contributed by atoms with E-state index in [4.69, 9.17) is 9.26 Å². The van der Waals surface area contributed by atoms with Crippen molar-refractivity contribution in [2.24, 2.45) is 0 Å². The van der Waals surface area contributed by atoms with Crippen LogP contribution in [0.1, 0.15) is 23.9 Å². The van der Waals surface area contributed by atoms with Gasteiger partial charge in [-0.15, -0.1) is 0 Å². The normalized spacial score (nSPS) is 10.7. The van der Waals surface area contributed by atoms with Crippen LogP contribution in [-0.4, -0.2) is 11.7 Å². The molecule has 0 spiro atoms. The minimum absolute atomic E-state index is 0.390. The SMILES string of the molecule is CCNCc1cc(Br)ccc1OCc1cc(C)no1. The highest BCUT2D eigenvalue weighted by molar-refractivity contribution is 9.10. The van der Waals surface area contributed by atoms with Gasteiger partial charge in [0.25, 0.3) is 0 Å². The average molecular weight is 325 g/mol. The lowest BCUT2D eigenvalue weighted by Crippen LogP contribution is -2.12. The summed E-state index contributed by atoms with van der Waals surface area (Å²) in [5, 5.41) is 7.14. The van der Waals surface area contributed by atoms with Crippen LogP contribution in [0.2, 0.25) is 0 Å². The zero-order chi connectivity index (χ0) is 13.7. The smallest absolute Gasteiger partial charge is 0.174 e. The molecule has 0 unspecified atom stereocenters. The minimum Gasteiger partial charge on any atom is -0.485 e. The van der Waals surface area contributed by atoms with E-state index >= 15 is 0 Å². The predicted octanol–water partition coefficient (Wildman–Crippen LogP) is 3.43. The number of nitrogens with zero attached hydrogens (tertiary/aromatic N) is 1. The molecule has 102 valence electrons. The summed E-state index contributed by atoms with van der Waals surface area (Å²) in [5.74, 6) is 1.59. The first kappa shape index (κ1) is 14.1.